The summed E-state index contributed by atoms with van der Waals surface area (Å²) in [7, 11) is 0. The number of hydrogen-bond acceptors (Lipinski definition) is 2. The minimum absolute atomic E-state index is 0.102. The molecule has 1 atom stereocenters. The lowest BCUT2D eigenvalue weighted by Crippen LogP contribution is -1.96. The van der Waals surface area contributed by atoms with Crippen LogP contribution in [0.4, 0.5) is 0 Å². The summed E-state index contributed by atoms with van der Waals surface area (Å²) >= 11 is 5.28. The molecular formula is C13H17BrOS. The Morgan fingerprint density at radius 2 is 2.19 bits per heavy atom. The molecule has 0 N–H and O–H groups in total. The van der Waals surface area contributed by atoms with Gasteiger partial charge in [-0.3, -0.25) is 4.79 Å². The average Bonchev–Trinajstić information content (AvgIpc) is 2.25. The van der Waals surface area contributed by atoms with Crippen molar-refractivity contribution in [3.63, 3.8) is 0 Å². The van der Waals surface area contributed by atoms with Crippen LogP contribution in [0.5, 0.6) is 0 Å². The lowest BCUT2D eigenvalue weighted by molar-refractivity contribution is 0.101. The van der Waals surface area contributed by atoms with Crippen molar-refractivity contribution >= 4 is 33.5 Å². The maximum Gasteiger partial charge on any atom is 0.160 e. The van der Waals surface area contributed by atoms with Gasteiger partial charge < -0.3 is 0 Å². The highest BCUT2D eigenvalue weighted by molar-refractivity contribution is 9.10. The number of ketones is 1. The van der Waals surface area contributed by atoms with Gasteiger partial charge in [-0.2, -0.15) is 0 Å². The van der Waals surface area contributed by atoms with Gasteiger partial charge in [0.2, 0.25) is 0 Å². The van der Waals surface area contributed by atoms with E-state index < -0.39 is 0 Å². The van der Waals surface area contributed by atoms with Gasteiger partial charge in [0.1, 0.15) is 0 Å². The summed E-state index contributed by atoms with van der Waals surface area (Å²) < 4.78 is 0.897. The SMILES string of the molecule is CCC(C)CSc1ccc(C(C)=O)c(Br)c1. The zero-order valence-electron chi connectivity index (χ0n) is 9.92. The summed E-state index contributed by atoms with van der Waals surface area (Å²) in [6, 6.07) is 5.95. The normalized spacial score (nSPS) is 12.5. The Morgan fingerprint density at radius 1 is 1.50 bits per heavy atom. The molecule has 3 heteroatoms. The van der Waals surface area contributed by atoms with Crippen LogP contribution in [-0.2, 0) is 0 Å². The van der Waals surface area contributed by atoms with Crippen LogP contribution in [0.3, 0.4) is 0 Å². The molecule has 0 saturated heterocycles. The molecule has 88 valence electrons. The van der Waals surface area contributed by atoms with Crippen molar-refractivity contribution in [2.24, 2.45) is 5.92 Å². The van der Waals surface area contributed by atoms with Gasteiger partial charge in [-0.15, -0.1) is 11.8 Å². The first kappa shape index (κ1) is 13.8. The maximum atomic E-state index is 11.3. The Bertz CT molecular complexity index is 376. The molecule has 0 fully saturated rings. The molecule has 0 bridgehead atoms. The predicted octanol–water partition coefficient (Wildman–Crippen LogP) is 4.79. The summed E-state index contributed by atoms with van der Waals surface area (Å²) in [4.78, 5) is 12.5. The van der Waals surface area contributed by atoms with E-state index in [1.54, 1.807) is 6.92 Å². The van der Waals surface area contributed by atoms with E-state index in [2.05, 4.69) is 29.8 Å². The van der Waals surface area contributed by atoms with Crippen LogP contribution in [-0.4, -0.2) is 11.5 Å². The number of rotatable bonds is 5. The molecule has 1 nitrogen and oxygen atoms in total. The molecule has 0 spiro atoms. The van der Waals surface area contributed by atoms with E-state index in [1.165, 1.54) is 11.3 Å². The van der Waals surface area contributed by atoms with Crippen molar-refractivity contribution in [2.45, 2.75) is 32.1 Å². The Labute approximate surface area is 110 Å². The maximum absolute atomic E-state index is 11.3. The van der Waals surface area contributed by atoms with E-state index in [0.717, 1.165) is 21.7 Å². The molecule has 0 aromatic heterocycles. The molecule has 0 aliphatic rings. The van der Waals surface area contributed by atoms with Gasteiger partial charge >= 0.3 is 0 Å². The number of halogens is 1. The van der Waals surface area contributed by atoms with Gasteiger partial charge in [-0.1, -0.05) is 36.2 Å². The first-order chi connectivity index (χ1) is 7.54. The van der Waals surface area contributed by atoms with Crippen molar-refractivity contribution in [3.05, 3.63) is 28.2 Å². The highest BCUT2D eigenvalue weighted by atomic mass is 79.9. The predicted molar refractivity (Wildman–Crippen MR) is 74.3 cm³/mol. The van der Waals surface area contributed by atoms with Crippen molar-refractivity contribution < 1.29 is 4.79 Å². The average molecular weight is 301 g/mol. The van der Waals surface area contributed by atoms with E-state index in [-0.39, 0.29) is 5.78 Å². The lowest BCUT2D eigenvalue weighted by Gasteiger charge is -2.08. The highest BCUT2D eigenvalue weighted by Gasteiger charge is 2.07. The van der Waals surface area contributed by atoms with Crippen LogP contribution in [0.1, 0.15) is 37.6 Å². The number of Topliss-reactive ketones (excluding diaryl/α,β-unsaturated/α-hetero) is 1. The van der Waals surface area contributed by atoms with E-state index >= 15 is 0 Å². The van der Waals surface area contributed by atoms with Gasteiger partial charge in [0, 0.05) is 20.7 Å². The number of benzene rings is 1. The Hall–Kier alpha value is -0.280. The second-order valence-electron chi connectivity index (χ2n) is 4.02. The van der Waals surface area contributed by atoms with Crippen LogP contribution >= 0.6 is 27.7 Å². The fourth-order valence-corrected chi connectivity index (χ4v) is 3.12. The molecule has 0 aliphatic carbocycles. The molecule has 1 rings (SSSR count). The quantitative estimate of drug-likeness (QED) is 0.574. The van der Waals surface area contributed by atoms with E-state index in [4.69, 9.17) is 0 Å². The third-order valence-electron chi connectivity index (χ3n) is 2.55. The number of carbonyl (C=O) groups is 1. The van der Waals surface area contributed by atoms with E-state index in [1.807, 2.05) is 30.0 Å². The van der Waals surface area contributed by atoms with Crippen molar-refractivity contribution in [1.82, 2.24) is 0 Å². The molecule has 0 heterocycles. The number of thioether (sulfide) groups is 1. The van der Waals surface area contributed by atoms with Gasteiger partial charge in [0.25, 0.3) is 0 Å². The number of carbonyl (C=O) groups excluding carboxylic acids is 1. The standard InChI is InChI=1S/C13H17BrOS/c1-4-9(2)8-16-11-5-6-12(10(3)15)13(14)7-11/h5-7,9H,4,8H2,1-3H3. The Balaban J connectivity index is 2.70. The number of hydrogen-bond donors (Lipinski definition) is 0. The smallest absolute Gasteiger partial charge is 0.160 e. The molecule has 0 saturated carbocycles. The first-order valence-corrected chi connectivity index (χ1v) is 7.25. The van der Waals surface area contributed by atoms with Crippen LogP contribution in [0.25, 0.3) is 0 Å². The van der Waals surface area contributed by atoms with Crippen LogP contribution < -0.4 is 0 Å². The largest absolute Gasteiger partial charge is 0.294 e. The van der Waals surface area contributed by atoms with Gasteiger partial charge in [-0.05, 0) is 31.0 Å². The minimum atomic E-state index is 0.102. The Kier molecular flexibility index (Phi) is 5.56. The second-order valence-corrected chi connectivity index (χ2v) is 5.97. The minimum Gasteiger partial charge on any atom is -0.294 e. The second kappa shape index (κ2) is 6.45. The summed E-state index contributed by atoms with van der Waals surface area (Å²) in [5, 5.41) is 0. The van der Waals surface area contributed by atoms with Crippen molar-refractivity contribution in [2.75, 3.05) is 5.75 Å². The van der Waals surface area contributed by atoms with Crippen molar-refractivity contribution in [1.29, 1.82) is 0 Å². The summed E-state index contributed by atoms with van der Waals surface area (Å²) in [5.41, 5.74) is 0.757. The van der Waals surface area contributed by atoms with Crippen LogP contribution in [0.2, 0.25) is 0 Å². The highest BCUT2D eigenvalue weighted by Crippen LogP contribution is 2.27. The summed E-state index contributed by atoms with van der Waals surface area (Å²) in [5.74, 6) is 1.96. The Morgan fingerprint density at radius 3 is 2.69 bits per heavy atom. The topological polar surface area (TPSA) is 17.1 Å². The molecule has 1 aromatic rings. The monoisotopic (exact) mass is 300 g/mol. The fraction of sp³-hybridized carbons (Fsp3) is 0.462. The van der Waals surface area contributed by atoms with E-state index in [9.17, 15) is 4.79 Å². The molecule has 0 amide bonds. The molecule has 0 radical (unpaired) electrons. The summed E-state index contributed by atoms with van der Waals surface area (Å²) in [6.07, 6.45) is 1.21. The fourth-order valence-electron chi connectivity index (χ4n) is 1.23. The van der Waals surface area contributed by atoms with Crippen LogP contribution in [0, 0.1) is 5.92 Å². The molecule has 0 aliphatic heterocycles. The van der Waals surface area contributed by atoms with Crippen molar-refractivity contribution in [3.8, 4) is 0 Å². The molecule has 16 heavy (non-hydrogen) atoms. The molecular weight excluding hydrogens is 284 g/mol. The lowest BCUT2D eigenvalue weighted by atomic mass is 10.1. The molecule has 1 unspecified atom stereocenters. The third kappa shape index (κ3) is 3.95. The van der Waals surface area contributed by atoms with Gasteiger partial charge in [-0.25, -0.2) is 0 Å². The van der Waals surface area contributed by atoms with Crippen LogP contribution in [0.15, 0.2) is 27.6 Å². The van der Waals surface area contributed by atoms with Gasteiger partial charge in [0.05, 0.1) is 0 Å². The van der Waals surface area contributed by atoms with E-state index in [0.29, 0.717) is 0 Å². The van der Waals surface area contributed by atoms with Gasteiger partial charge in [0.15, 0.2) is 5.78 Å². The third-order valence-corrected chi connectivity index (χ3v) is 4.53. The summed E-state index contributed by atoms with van der Waals surface area (Å²) in [6.45, 7) is 6.05. The zero-order chi connectivity index (χ0) is 12.1. The molecule has 1 aromatic carbocycles. The first-order valence-electron chi connectivity index (χ1n) is 5.47. The zero-order valence-corrected chi connectivity index (χ0v) is 12.3.